The van der Waals surface area contributed by atoms with E-state index < -0.39 is 0 Å². The number of benzene rings is 1. The zero-order valence-corrected chi connectivity index (χ0v) is 18.5. The molecule has 30 heavy (non-hydrogen) atoms. The highest BCUT2D eigenvalue weighted by Crippen LogP contribution is 2.43. The van der Waals surface area contributed by atoms with E-state index in [2.05, 4.69) is 69.5 Å². The van der Waals surface area contributed by atoms with Crippen molar-refractivity contribution in [3.05, 3.63) is 76.2 Å². The highest BCUT2D eigenvalue weighted by molar-refractivity contribution is 7.80. The molecule has 2 fully saturated rings. The predicted octanol–water partition coefficient (Wildman–Crippen LogP) is 4.47. The number of thiophene rings is 1. The minimum Gasteiger partial charge on any atom is -0.378 e. The first-order chi connectivity index (χ1) is 14.7. The fraction of sp³-hybridized carbons (Fsp3) is 0.304. The van der Waals surface area contributed by atoms with E-state index >= 15 is 0 Å². The Labute approximate surface area is 186 Å². The van der Waals surface area contributed by atoms with Crippen molar-refractivity contribution in [2.24, 2.45) is 0 Å². The molecule has 0 amide bonds. The largest absolute Gasteiger partial charge is 0.378 e. The van der Waals surface area contributed by atoms with Gasteiger partial charge in [-0.25, -0.2) is 0 Å². The molecule has 2 aliphatic heterocycles. The molecule has 5 rings (SSSR count). The Morgan fingerprint density at radius 3 is 2.47 bits per heavy atom. The van der Waals surface area contributed by atoms with E-state index in [1.807, 2.05) is 29.7 Å². The fourth-order valence-corrected chi connectivity index (χ4v) is 5.53. The molecule has 5 nitrogen and oxygen atoms in total. The second-order valence-corrected chi connectivity index (χ2v) is 9.27. The first kappa shape index (κ1) is 19.5. The van der Waals surface area contributed by atoms with Crippen LogP contribution in [-0.2, 0) is 4.74 Å². The molecule has 3 aromatic rings. The SMILES string of the molecule is Cc1ccc(C2C(c3ccccn3)NC(=S)N2c2ccc(N3CCOCC3)cc2)s1. The number of ether oxygens (including phenoxy) is 1. The average Bonchev–Trinajstić information content (AvgIpc) is 3.38. The van der Waals surface area contributed by atoms with Gasteiger partial charge in [0.15, 0.2) is 5.11 Å². The van der Waals surface area contributed by atoms with E-state index in [-0.39, 0.29) is 12.1 Å². The summed E-state index contributed by atoms with van der Waals surface area (Å²) in [5, 5.41) is 4.27. The predicted molar refractivity (Wildman–Crippen MR) is 126 cm³/mol. The number of pyridine rings is 1. The number of morpholine rings is 1. The number of nitrogens with zero attached hydrogens (tertiary/aromatic N) is 3. The molecule has 4 heterocycles. The molecule has 0 aliphatic carbocycles. The number of hydrogen-bond donors (Lipinski definition) is 1. The molecule has 2 aliphatic rings. The van der Waals surface area contributed by atoms with Gasteiger partial charge in [0, 0.05) is 40.4 Å². The summed E-state index contributed by atoms with van der Waals surface area (Å²) in [5.74, 6) is 0. The van der Waals surface area contributed by atoms with Crippen molar-refractivity contribution in [1.82, 2.24) is 10.3 Å². The van der Waals surface area contributed by atoms with Gasteiger partial charge >= 0.3 is 0 Å². The highest BCUT2D eigenvalue weighted by atomic mass is 32.1. The zero-order chi connectivity index (χ0) is 20.5. The maximum atomic E-state index is 5.81. The van der Waals surface area contributed by atoms with Crippen molar-refractivity contribution >= 4 is 40.0 Å². The van der Waals surface area contributed by atoms with Gasteiger partial charge < -0.3 is 19.9 Å². The van der Waals surface area contributed by atoms with E-state index in [1.54, 1.807) is 0 Å². The van der Waals surface area contributed by atoms with E-state index in [0.717, 1.165) is 42.8 Å². The zero-order valence-electron chi connectivity index (χ0n) is 16.8. The molecule has 1 aromatic carbocycles. The van der Waals surface area contributed by atoms with Gasteiger partial charge in [-0.1, -0.05) is 6.07 Å². The quantitative estimate of drug-likeness (QED) is 0.609. The summed E-state index contributed by atoms with van der Waals surface area (Å²) in [4.78, 5) is 11.8. The molecule has 154 valence electrons. The number of rotatable bonds is 4. The lowest BCUT2D eigenvalue weighted by Gasteiger charge is -2.30. The Hall–Kier alpha value is -2.48. The molecule has 1 N–H and O–H groups in total. The van der Waals surface area contributed by atoms with Crippen molar-refractivity contribution in [1.29, 1.82) is 0 Å². The van der Waals surface area contributed by atoms with E-state index in [9.17, 15) is 0 Å². The lowest BCUT2D eigenvalue weighted by Crippen LogP contribution is -2.36. The van der Waals surface area contributed by atoms with Crippen LogP contribution in [0.2, 0.25) is 0 Å². The van der Waals surface area contributed by atoms with Gasteiger partial charge in [-0.2, -0.15) is 0 Å². The molecule has 0 radical (unpaired) electrons. The van der Waals surface area contributed by atoms with Gasteiger partial charge in [-0.15, -0.1) is 11.3 Å². The van der Waals surface area contributed by atoms with Crippen molar-refractivity contribution in [3.8, 4) is 0 Å². The second-order valence-electron chi connectivity index (χ2n) is 7.56. The summed E-state index contributed by atoms with van der Waals surface area (Å²) in [6, 6.07) is 19.2. The number of nitrogens with one attached hydrogen (secondary N) is 1. The smallest absolute Gasteiger partial charge is 0.174 e. The van der Waals surface area contributed by atoms with Crippen LogP contribution in [-0.4, -0.2) is 36.4 Å². The molecular formula is C23H24N4OS2. The number of anilines is 2. The van der Waals surface area contributed by atoms with Crippen molar-refractivity contribution in [2.45, 2.75) is 19.0 Å². The van der Waals surface area contributed by atoms with Crippen LogP contribution in [0.4, 0.5) is 11.4 Å². The molecule has 7 heteroatoms. The third kappa shape index (κ3) is 3.69. The molecule has 0 saturated carbocycles. The van der Waals surface area contributed by atoms with Crippen LogP contribution in [0.1, 0.15) is 27.5 Å². The first-order valence-corrected chi connectivity index (χ1v) is 11.4. The van der Waals surface area contributed by atoms with Crippen molar-refractivity contribution in [2.75, 3.05) is 36.1 Å². The lowest BCUT2D eigenvalue weighted by molar-refractivity contribution is 0.122. The van der Waals surface area contributed by atoms with Gasteiger partial charge in [0.25, 0.3) is 0 Å². The third-order valence-corrected chi connectivity index (χ3v) is 7.04. The molecule has 0 bridgehead atoms. The van der Waals surface area contributed by atoms with Crippen LogP contribution in [0.5, 0.6) is 0 Å². The van der Waals surface area contributed by atoms with E-state index in [0.29, 0.717) is 0 Å². The number of thiocarbonyl (C=S) groups is 1. The summed E-state index contributed by atoms with van der Waals surface area (Å²) in [6.07, 6.45) is 1.84. The monoisotopic (exact) mass is 436 g/mol. The summed E-state index contributed by atoms with van der Waals surface area (Å²) in [6.45, 7) is 5.58. The molecule has 2 aromatic heterocycles. The third-order valence-electron chi connectivity index (χ3n) is 5.65. The van der Waals surface area contributed by atoms with E-state index in [4.69, 9.17) is 17.0 Å². The molecule has 2 saturated heterocycles. The summed E-state index contributed by atoms with van der Waals surface area (Å²) in [5.41, 5.74) is 3.33. The molecule has 2 atom stereocenters. The van der Waals surface area contributed by atoms with Crippen molar-refractivity contribution < 1.29 is 4.74 Å². The average molecular weight is 437 g/mol. The highest BCUT2D eigenvalue weighted by Gasteiger charge is 2.41. The van der Waals surface area contributed by atoms with Crippen LogP contribution >= 0.6 is 23.6 Å². The summed E-state index contributed by atoms with van der Waals surface area (Å²) in [7, 11) is 0. The normalized spacial score (nSPS) is 21.7. The van der Waals surface area contributed by atoms with Gasteiger partial charge in [0.1, 0.15) is 0 Å². The second kappa shape index (κ2) is 8.34. The summed E-state index contributed by atoms with van der Waals surface area (Å²) >= 11 is 7.62. The maximum Gasteiger partial charge on any atom is 0.174 e. The standard InChI is InChI=1S/C23H24N4OS2/c1-16-5-10-20(30-16)22-21(19-4-2-3-11-24-19)25-23(29)27(22)18-8-6-17(7-9-18)26-12-14-28-15-13-26/h2-11,21-22H,12-15H2,1H3,(H,25,29). The minimum absolute atomic E-state index is 0.00988. The Morgan fingerprint density at radius 2 is 1.80 bits per heavy atom. The Morgan fingerprint density at radius 1 is 1.03 bits per heavy atom. The fourth-order valence-electron chi connectivity index (χ4n) is 4.18. The van der Waals surface area contributed by atoms with E-state index in [1.165, 1.54) is 15.4 Å². The first-order valence-electron chi connectivity index (χ1n) is 10.2. The number of aryl methyl sites for hydroxylation is 1. The van der Waals surface area contributed by atoms with Crippen LogP contribution in [0, 0.1) is 6.92 Å². The van der Waals surface area contributed by atoms with Crippen LogP contribution in [0.3, 0.4) is 0 Å². The van der Waals surface area contributed by atoms with Gasteiger partial charge in [0.05, 0.1) is 31.0 Å². The number of hydrogen-bond acceptors (Lipinski definition) is 5. The van der Waals surface area contributed by atoms with Crippen LogP contribution in [0.15, 0.2) is 60.8 Å². The molecule has 2 unspecified atom stereocenters. The van der Waals surface area contributed by atoms with Crippen LogP contribution < -0.4 is 15.1 Å². The number of aromatic nitrogens is 1. The van der Waals surface area contributed by atoms with Crippen molar-refractivity contribution in [3.63, 3.8) is 0 Å². The molecule has 0 spiro atoms. The Balaban J connectivity index is 1.50. The van der Waals surface area contributed by atoms with Gasteiger partial charge in [-0.3, -0.25) is 4.98 Å². The van der Waals surface area contributed by atoms with Gasteiger partial charge in [-0.05, 0) is 67.7 Å². The van der Waals surface area contributed by atoms with Crippen LogP contribution in [0.25, 0.3) is 0 Å². The topological polar surface area (TPSA) is 40.6 Å². The molecular weight excluding hydrogens is 412 g/mol. The Kier molecular flexibility index (Phi) is 5.41. The summed E-state index contributed by atoms with van der Waals surface area (Å²) < 4.78 is 5.48. The van der Waals surface area contributed by atoms with Gasteiger partial charge in [0.2, 0.25) is 0 Å². The minimum atomic E-state index is 0.00988. The lowest BCUT2D eigenvalue weighted by atomic mass is 10.0. The Bertz CT molecular complexity index is 1020. The maximum absolute atomic E-state index is 5.81.